The van der Waals surface area contributed by atoms with Crippen LogP contribution in [0.1, 0.15) is 5.76 Å². The number of rotatable bonds is 6. The molecule has 1 aromatic carbocycles. The second-order valence-electron chi connectivity index (χ2n) is 5.42. The van der Waals surface area contributed by atoms with E-state index >= 15 is 0 Å². The minimum Gasteiger partial charge on any atom is -0.496 e. The molecular weight excluding hydrogens is 388 g/mol. The second-order valence-corrected chi connectivity index (χ2v) is 7.10. The van der Waals surface area contributed by atoms with Crippen molar-refractivity contribution in [1.82, 2.24) is 4.90 Å². The number of methoxy groups -OCH3 is 1. The van der Waals surface area contributed by atoms with Crippen LogP contribution in [-0.2, 0) is 4.79 Å². The van der Waals surface area contributed by atoms with E-state index in [9.17, 15) is 14.9 Å². The fourth-order valence-electron chi connectivity index (χ4n) is 2.49. The first-order chi connectivity index (χ1) is 12.9. The number of hydrogen-bond donors (Lipinski definition) is 0. The third-order valence-electron chi connectivity index (χ3n) is 3.75. The van der Waals surface area contributed by atoms with Gasteiger partial charge in [0.25, 0.3) is 11.6 Å². The number of nitro benzene ring substituents is 1. The summed E-state index contributed by atoms with van der Waals surface area (Å²) in [5, 5.41) is 10.9. The number of benzene rings is 1. The van der Waals surface area contributed by atoms with Crippen LogP contribution in [0.4, 0.5) is 5.69 Å². The van der Waals surface area contributed by atoms with Gasteiger partial charge in [-0.05, 0) is 18.2 Å². The average Bonchev–Trinajstić information content (AvgIpc) is 3.21. The third kappa shape index (κ3) is 3.79. The molecule has 0 bridgehead atoms. The number of nitrogens with zero attached hydrogens (tertiary/aromatic N) is 2. The van der Waals surface area contributed by atoms with Crippen molar-refractivity contribution in [3.8, 4) is 17.1 Å². The quantitative estimate of drug-likeness (QED) is 0.235. The lowest BCUT2D eigenvalue weighted by molar-refractivity contribution is -0.384. The van der Waals surface area contributed by atoms with Gasteiger partial charge < -0.3 is 9.15 Å². The Morgan fingerprint density at radius 1 is 1.41 bits per heavy atom. The molecule has 0 spiro atoms. The van der Waals surface area contributed by atoms with Crippen LogP contribution < -0.4 is 4.74 Å². The topological polar surface area (TPSA) is 85.8 Å². The van der Waals surface area contributed by atoms with E-state index in [0.717, 1.165) is 0 Å². The summed E-state index contributed by atoms with van der Waals surface area (Å²) in [4.78, 5) is 24.7. The maximum atomic E-state index is 12.4. The molecule has 1 amide bonds. The molecule has 2 aromatic rings. The van der Waals surface area contributed by atoms with E-state index in [1.54, 1.807) is 30.4 Å². The molecule has 7 nitrogen and oxygen atoms in total. The van der Waals surface area contributed by atoms with Crippen LogP contribution in [0.25, 0.3) is 17.4 Å². The Morgan fingerprint density at radius 2 is 2.19 bits per heavy atom. The highest BCUT2D eigenvalue weighted by molar-refractivity contribution is 8.26. The summed E-state index contributed by atoms with van der Waals surface area (Å²) in [6.45, 7) is 3.97. The van der Waals surface area contributed by atoms with Gasteiger partial charge >= 0.3 is 0 Å². The molecule has 27 heavy (non-hydrogen) atoms. The summed E-state index contributed by atoms with van der Waals surface area (Å²) in [7, 11) is 1.43. The Morgan fingerprint density at radius 3 is 2.85 bits per heavy atom. The van der Waals surface area contributed by atoms with Crippen LogP contribution >= 0.6 is 24.0 Å². The van der Waals surface area contributed by atoms with Gasteiger partial charge in [0.15, 0.2) is 0 Å². The zero-order valence-electron chi connectivity index (χ0n) is 14.2. The number of ether oxygens (including phenoxy) is 1. The van der Waals surface area contributed by atoms with Gasteiger partial charge in [-0.3, -0.25) is 19.8 Å². The normalized spacial score (nSPS) is 15.4. The van der Waals surface area contributed by atoms with Crippen molar-refractivity contribution >= 4 is 46.0 Å². The number of hydrogen-bond acceptors (Lipinski definition) is 7. The van der Waals surface area contributed by atoms with Crippen molar-refractivity contribution in [3.63, 3.8) is 0 Å². The fourth-order valence-corrected chi connectivity index (χ4v) is 3.74. The Balaban J connectivity index is 1.90. The zero-order chi connectivity index (χ0) is 19.6. The molecule has 1 aliphatic heterocycles. The predicted octanol–water partition coefficient (Wildman–Crippen LogP) is 4.25. The first kappa shape index (κ1) is 18.9. The predicted molar refractivity (Wildman–Crippen MR) is 107 cm³/mol. The van der Waals surface area contributed by atoms with Crippen molar-refractivity contribution in [2.45, 2.75) is 0 Å². The van der Waals surface area contributed by atoms with Crippen LogP contribution in [0, 0.1) is 10.1 Å². The fraction of sp³-hybridized carbons (Fsp3) is 0.111. The molecule has 1 saturated heterocycles. The van der Waals surface area contributed by atoms with Gasteiger partial charge in [0, 0.05) is 18.7 Å². The number of thiocarbonyl (C=S) groups is 1. The molecule has 0 N–H and O–H groups in total. The van der Waals surface area contributed by atoms with Crippen molar-refractivity contribution < 1.29 is 18.9 Å². The van der Waals surface area contributed by atoms with Crippen molar-refractivity contribution in [1.29, 1.82) is 0 Å². The van der Waals surface area contributed by atoms with E-state index < -0.39 is 4.92 Å². The van der Waals surface area contributed by atoms with Gasteiger partial charge in [0.2, 0.25) is 0 Å². The van der Waals surface area contributed by atoms with E-state index in [1.165, 1.54) is 35.9 Å². The molecule has 2 heterocycles. The first-order valence-electron chi connectivity index (χ1n) is 7.73. The Labute approximate surface area is 164 Å². The van der Waals surface area contributed by atoms with Gasteiger partial charge in [0.05, 0.1) is 28.6 Å². The van der Waals surface area contributed by atoms with Gasteiger partial charge in [-0.15, -0.1) is 6.58 Å². The molecule has 0 saturated carbocycles. The molecule has 1 aliphatic rings. The minimum atomic E-state index is -0.495. The Hall–Kier alpha value is -2.91. The van der Waals surface area contributed by atoms with Crippen LogP contribution in [0.3, 0.4) is 0 Å². The standard InChI is InChI=1S/C18H14N2O5S2/c1-3-8-19-17(21)16(27-18(19)26)10-12-5-7-14(25-12)13-6-4-11(20(22)23)9-15(13)24-2/h3-7,9-10H,1,8H2,2H3/b16-10-. The Bertz CT molecular complexity index is 980. The van der Waals surface area contributed by atoms with Crippen molar-refractivity contribution in [2.75, 3.05) is 13.7 Å². The summed E-state index contributed by atoms with van der Waals surface area (Å²) in [6.07, 6.45) is 3.23. The van der Waals surface area contributed by atoms with Gasteiger partial charge in [-0.1, -0.05) is 30.1 Å². The molecule has 0 atom stereocenters. The molecule has 0 radical (unpaired) electrons. The highest BCUT2D eigenvalue weighted by Crippen LogP contribution is 2.36. The van der Waals surface area contributed by atoms with Crippen LogP contribution in [-0.4, -0.2) is 33.7 Å². The summed E-state index contributed by atoms with van der Waals surface area (Å²) >= 11 is 6.40. The van der Waals surface area contributed by atoms with Crippen molar-refractivity contribution in [2.24, 2.45) is 0 Å². The van der Waals surface area contributed by atoms with Crippen LogP contribution in [0.15, 0.2) is 52.3 Å². The summed E-state index contributed by atoms with van der Waals surface area (Å²) in [6, 6.07) is 7.68. The van der Waals surface area contributed by atoms with Crippen molar-refractivity contribution in [3.05, 3.63) is 63.8 Å². The lowest BCUT2D eigenvalue weighted by atomic mass is 10.1. The van der Waals surface area contributed by atoms with E-state index in [4.69, 9.17) is 21.4 Å². The smallest absolute Gasteiger partial charge is 0.273 e. The molecule has 1 aromatic heterocycles. The number of nitro groups is 1. The summed E-state index contributed by atoms with van der Waals surface area (Å²) < 4.78 is 11.5. The van der Waals surface area contributed by atoms with Gasteiger partial charge in [-0.25, -0.2) is 0 Å². The first-order valence-corrected chi connectivity index (χ1v) is 8.96. The summed E-state index contributed by atoms with van der Waals surface area (Å²) in [5.41, 5.74) is 0.496. The van der Waals surface area contributed by atoms with Gasteiger partial charge in [0.1, 0.15) is 21.6 Å². The number of non-ortho nitro benzene ring substituents is 1. The minimum absolute atomic E-state index is 0.0757. The maximum absolute atomic E-state index is 12.4. The van der Waals surface area contributed by atoms with Gasteiger partial charge in [-0.2, -0.15) is 0 Å². The van der Waals surface area contributed by atoms with E-state index in [0.29, 0.717) is 38.6 Å². The number of carbonyl (C=O) groups excluding carboxylic acids is 1. The van der Waals surface area contributed by atoms with E-state index in [1.807, 2.05) is 0 Å². The largest absolute Gasteiger partial charge is 0.496 e. The van der Waals surface area contributed by atoms with E-state index in [-0.39, 0.29) is 11.6 Å². The monoisotopic (exact) mass is 402 g/mol. The highest BCUT2D eigenvalue weighted by Gasteiger charge is 2.31. The highest BCUT2D eigenvalue weighted by atomic mass is 32.2. The van der Waals surface area contributed by atoms with Crippen LogP contribution in [0.2, 0.25) is 0 Å². The molecule has 0 unspecified atom stereocenters. The number of carbonyl (C=O) groups is 1. The summed E-state index contributed by atoms with van der Waals surface area (Å²) in [5.74, 6) is 1.05. The molecule has 9 heteroatoms. The third-order valence-corrected chi connectivity index (χ3v) is 5.12. The Kier molecular flexibility index (Phi) is 5.43. The molecule has 3 rings (SSSR count). The SMILES string of the molecule is C=CCN1C(=O)/C(=C/c2ccc(-c3ccc([N+](=O)[O-])cc3OC)o2)SC1=S. The number of furan rings is 1. The molecule has 138 valence electrons. The number of amides is 1. The second kappa shape index (κ2) is 7.77. The molecule has 1 fully saturated rings. The lowest BCUT2D eigenvalue weighted by Gasteiger charge is -2.10. The van der Waals surface area contributed by atoms with Crippen LogP contribution in [0.5, 0.6) is 5.75 Å². The maximum Gasteiger partial charge on any atom is 0.273 e. The lowest BCUT2D eigenvalue weighted by Crippen LogP contribution is -2.27. The molecule has 0 aliphatic carbocycles. The van der Waals surface area contributed by atoms with E-state index in [2.05, 4.69) is 6.58 Å². The average molecular weight is 402 g/mol. The number of thioether (sulfide) groups is 1. The zero-order valence-corrected chi connectivity index (χ0v) is 15.8. The molecular formula is C18H14N2O5S2.